The molecule has 0 fully saturated rings. The maximum absolute atomic E-state index is 12.5. The zero-order valence-electron chi connectivity index (χ0n) is 8.30. The van der Waals surface area contributed by atoms with Crippen LogP contribution < -0.4 is 5.19 Å². The SMILES string of the molecule is CC(C)(C)O[SiH2]c1ccc(F)cc1. The van der Waals surface area contributed by atoms with Gasteiger partial charge in [0.05, 0.1) is 0 Å². The van der Waals surface area contributed by atoms with Gasteiger partial charge in [0, 0.05) is 5.60 Å². The van der Waals surface area contributed by atoms with Crippen molar-refractivity contribution in [2.45, 2.75) is 26.4 Å². The average Bonchev–Trinajstić information content (AvgIpc) is 2.02. The van der Waals surface area contributed by atoms with Crippen LogP contribution >= 0.6 is 0 Å². The molecule has 0 unspecified atom stereocenters. The first-order valence-corrected chi connectivity index (χ1v) is 5.64. The topological polar surface area (TPSA) is 9.23 Å². The maximum atomic E-state index is 12.5. The zero-order valence-corrected chi connectivity index (χ0v) is 9.72. The molecule has 1 aromatic rings. The second-order valence-corrected chi connectivity index (χ2v) is 5.42. The lowest BCUT2D eigenvalue weighted by atomic mass is 10.2. The molecule has 72 valence electrons. The molecule has 0 spiro atoms. The zero-order chi connectivity index (χ0) is 9.90. The third-order valence-corrected chi connectivity index (χ3v) is 3.40. The van der Waals surface area contributed by atoms with Gasteiger partial charge in [0.25, 0.3) is 0 Å². The number of rotatable bonds is 2. The molecule has 3 heteroatoms. The standard InChI is InChI=1S/C10H15FOSi/c1-10(2,3)12-13-9-6-4-8(11)5-7-9/h4-7H,13H2,1-3H3. The normalized spacial score (nSPS) is 12.6. The van der Waals surface area contributed by atoms with E-state index in [4.69, 9.17) is 4.43 Å². The smallest absolute Gasteiger partial charge is 0.192 e. The van der Waals surface area contributed by atoms with Gasteiger partial charge in [-0.1, -0.05) is 12.1 Å². The predicted octanol–water partition coefficient (Wildman–Crippen LogP) is 1.35. The summed E-state index contributed by atoms with van der Waals surface area (Å²) in [4.78, 5) is 0. The first-order chi connectivity index (χ1) is 5.97. The van der Waals surface area contributed by atoms with Gasteiger partial charge >= 0.3 is 0 Å². The molecule has 0 N–H and O–H groups in total. The predicted molar refractivity (Wildman–Crippen MR) is 55.4 cm³/mol. The van der Waals surface area contributed by atoms with Crippen LogP contribution in [0.3, 0.4) is 0 Å². The Balaban J connectivity index is 2.51. The first-order valence-electron chi connectivity index (χ1n) is 4.36. The highest BCUT2D eigenvalue weighted by atomic mass is 28.2. The number of halogens is 1. The Morgan fingerprint density at radius 2 is 1.69 bits per heavy atom. The number of benzene rings is 1. The summed E-state index contributed by atoms with van der Waals surface area (Å²) in [7, 11) is -0.698. The van der Waals surface area contributed by atoms with Crippen LogP contribution in [0.4, 0.5) is 4.39 Å². The van der Waals surface area contributed by atoms with E-state index in [1.807, 2.05) is 20.8 Å². The highest BCUT2D eigenvalue weighted by Gasteiger charge is 2.09. The van der Waals surface area contributed by atoms with Crippen molar-refractivity contribution in [1.29, 1.82) is 0 Å². The summed E-state index contributed by atoms with van der Waals surface area (Å²) < 4.78 is 18.2. The third kappa shape index (κ3) is 4.19. The molecule has 0 radical (unpaired) electrons. The van der Waals surface area contributed by atoms with Crippen LogP contribution in [0.25, 0.3) is 0 Å². The lowest BCUT2D eigenvalue weighted by Gasteiger charge is -2.19. The van der Waals surface area contributed by atoms with E-state index in [9.17, 15) is 4.39 Å². The van der Waals surface area contributed by atoms with Crippen molar-refractivity contribution in [2.24, 2.45) is 0 Å². The maximum Gasteiger partial charge on any atom is 0.192 e. The summed E-state index contributed by atoms with van der Waals surface area (Å²) in [6.07, 6.45) is 0. The van der Waals surface area contributed by atoms with Gasteiger partial charge in [-0.2, -0.15) is 0 Å². The molecule has 0 aromatic heterocycles. The van der Waals surface area contributed by atoms with E-state index in [1.165, 1.54) is 12.1 Å². The molecule has 1 rings (SSSR count). The minimum atomic E-state index is -0.698. The molecule has 0 bridgehead atoms. The highest BCUT2D eigenvalue weighted by molar-refractivity contribution is 6.46. The molecule has 0 heterocycles. The molecule has 0 saturated carbocycles. The fraction of sp³-hybridized carbons (Fsp3) is 0.400. The van der Waals surface area contributed by atoms with Gasteiger partial charge in [-0.05, 0) is 38.1 Å². The van der Waals surface area contributed by atoms with Gasteiger partial charge in [0.15, 0.2) is 9.76 Å². The number of hydrogen-bond acceptors (Lipinski definition) is 1. The Morgan fingerprint density at radius 3 is 2.15 bits per heavy atom. The first kappa shape index (κ1) is 10.4. The van der Waals surface area contributed by atoms with E-state index in [0.29, 0.717) is 0 Å². The fourth-order valence-corrected chi connectivity index (χ4v) is 1.91. The molecular formula is C10H15FOSi. The van der Waals surface area contributed by atoms with Crippen molar-refractivity contribution in [1.82, 2.24) is 0 Å². The lowest BCUT2D eigenvalue weighted by molar-refractivity contribution is 0.142. The quantitative estimate of drug-likeness (QED) is 0.652. The Hall–Kier alpha value is -0.673. The van der Waals surface area contributed by atoms with Gasteiger partial charge in [-0.25, -0.2) is 4.39 Å². The Bertz CT molecular complexity index is 263. The molecule has 0 aliphatic rings. The van der Waals surface area contributed by atoms with Crippen LogP contribution in [-0.2, 0) is 4.43 Å². The summed E-state index contributed by atoms with van der Waals surface area (Å²) in [5.74, 6) is -0.187. The van der Waals surface area contributed by atoms with E-state index in [1.54, 1.807) is 12.1 Å². The van der Waals surface area contributed by atoms with Crippen LogP contribution in [0.5, 0.6) is 0 Å². The lowest BCUT2D eigenvalue weighted by Crippen LogP contribution is -2.28. The summed E-state index contributed by atoms with van der Waals surface area (Å²) in [6, 6.07) is 6.56. The second-order valence-electron chi connectivity index (χ2n) is 4.03. The Kier molecular flexibility index (Phi) is 3.22. The molecule has 0 saturated heterocycles. The van der Waals surface area contributed by atoms with E-state index in [-0.39, 0.29) is 11.4 Å². The fourth-order valence-electron chi connectivity index (χ4n) is 0.880. The van der Waals surface area contributed by atoms with Gasteiger partial charge < -0.3 is 4.43 Å². The highest BCUT2D eigenvalue weighted by Crippen LogP contribution is 2.04. The minimum Gasteiger partial charge on any atom is -0.414 e. The minimum absolute atomic E-state index is 0.0827. The van der Waals surface area contributed by atoms with Crippen LogP contribution in [0.15, 0.2) is 24.3 Å². The van der Waals surface area contributed by atoms with Crippen molar-refractivity contribution >= 4 is 14.9 Å². The van der Waals surface area contributed by atoms with Gasteiger partial charge in [-0.15, -0.1) is 0 Å². The van der Waals surface area contributed by atoms with Gasteiger partial charge in [-0.3, -0.25) is 0 Å². The van der Waals surface area contributed by atoms with E-state index in [0.717, 1.165) is 5.19 Å². The monoisotopic (exact) mass is 198 g/mol. The van der Waals surface area contributed by atoms with E-state index >= 15 is 0 Å². The van der Waals surface area contributed by atoms with Crippen LogP contribution in [0, 0.1) is 5.82 Å². The molecule has 0 amide bonds. The average molecular weight is 198 g/mol. The second kappa shape index (κ2) is 4.02. The van der Waals surface area contributed by atoms with Gasteiger partial charge in [0.2, 0.25) is 0 Å². The van der Waals surface area contributed by atoms with Crippen molar-refractivity contribution in [3.63, 3.8) is 0 Å². The molecule has 0 aliphatic heterocycles. The molecule has 0 atom stereocenters. The number of hydrogen-bond donors (Lipinski definition) is 0. The molecule has 1 aromatic carbocycles. The van der Waals surface area contributed by atoms with Crippen molar-refractivity contribution in [2.75, 3.05) is 0 Å². The summed E-state index contributed by atoms with van der Waals surface area (Å²) >= 11 is 0. The largest absolute Gasteiger partial charge is 0.414 e. The Morgan fingerprint density at radius 1 is 1.15 bits per heavy atom. The van der Waals surface area contributed by atoms with Crippen LogP contribution in [0.1, 0.15) is 20.8 Å². The van der Waals surface area contributed by atoms with E-state index in [2.05, 4.69) is 0 Å². The molecule has 1 nitrogen and oxygen atoms in total. The molecule has 0 aliphatic carbocycles. The Labute approximate surface area is 80.9 Å². The van der Waals surface area contributed by atoms with Crippen molar-refractivity contribution < 1.29 is 8.82 Å². The summed E-state index contributed by atoms with van der Waals surface area (Å²) in [6.45, 7) is 6.09. The van der Waals surface area contributed by atoms with Crippen LogP contribution in [0.2, 0.25) is 0 Å². The summed E-state index contributed by atoms with van der Waals surface area (Å²) in [5.41, 5.74) is -0.0827. The van der Waals surface area contributed by atoms with Crippen molar-refractivity contribution in [3.05, 3.63) is 30.1 Å². The molecule has 13 heavy (non-hydrogen) atoms. The van der Waals surface area contributed by atoms with E-state index < -0.39 is 9.76 Å². The van der Waals surface area contributed by atoms with Crippen LogP contribution in [-0.4, -0.2) is 15.4 Å². The van der Waals surface area contributed by atoms with Crippen molar-refractivity contribution in [3.8, 4) is 0 Å². The third-order valence-electron chi connectivity index (χ3n) is 1.59. The molecular weight excluding hydrogens is 183 g/mol. The summed E-state index contributed by atoms with van der Waals surface area (Å²) in [5, 5.41) is 1.14. The van der Waals surface area contributed by atoms with Gasteiger partial charge in [0.1, 0.15) is 5.82 Å².